The molecule has 0 bridgehead atoms. The van der Waals surface area contributed by atoms with Crippen LogP contribution in [-0.4, -0.2) is 53.1 Å². The van der Waals surface area contributed by atoms with Crippen molar-refractivity contribution in [2.24, 2.45) is 5.73 Å². The highest BCUT2D eigenvalue weighted by Crippen LogP contribution is 2.38. The largest absolute Gasteiger partial charge is 0.494 e. The van der Waals surface area contributed by atoms with Gasteiger partial charge in [-0.25, -0.2) is 9.97 Å². The molecule has 36 heavy (non-hydrogen) atoms. The molecular weight excluding hydrogens is 481 g/mol. The molecule has 2 aliphatic rings. The molecule has 12 heteroatoms. The summed E-state index contributed by atoms with van der Waals surface area (Å²) >= 11 is 0. The first-order valence-electron chi connectivity index (χ1n) is 11.5. The van der Waals surface area contributed by atoms with Crippen molar-refractivity contribution in [1.29, 1.82) is 0 Å². The lowest BCUT2D eigenvalue weighted by molar-refractivity contribution is -0.387. The van der Waals surface area contributed by atoms with E-state index in [0.717, 1.165) is 18.9 Å². The van der Waals surface area contributed by atoms with Gasteiger partial charge >= 0.3 is 6.18 Å². The van der Waals surface area contributed by atoms with Gasteiger partial charge in [-0.3, -0.25) is 4.79 Å². The number of fused-ring (bicyclic) bond motifs is 1. The summed E-state index contributed by atoms with van der Waals surface area (Å²) in [7, 11) is 1.34. The van der Waals surface area contributed by atoms with Crippen molar-refractivity contribution in [3.05, 3.63) is 41.4 Å². The minimum atomic E-state index is -4.63. The topological polar surface area (TPSA) is 113 Å². The molecule has 2 aromatic heterocycles. The third kappa shape index (κ3) is 4.18. The maximum absolute atomic E-state index is 13.6. The first-order valence-corrected chi connectivity index (χ1v) is 11.5. The summed E-state index contributed by atoms with van der Waals surface area (Å²) in [5.41, 5.74) is 5.44. The van der Waals surface area contributed by atoms with Crippen LogP contribution in [0, 0.1) is 0 Å². The number of likely N-dealkylation sites (tertiary alicyclic amines) is 1. The van der Waals surface area contributed by atoms with Crippen molar-refractivity contribution >= 4 is 16.8 Å². The number of nitrogens with two attached hydrogens (primary N) is 1. The Kier molecular flexibility index (Phi) is 6.13. The number of pyridine rings is 1. The summed E-state index contributed by atoms with van der Waals surface area (Å²) in [6.45, 7) is 3.93. The molecule has 2 atom stereocenters. The molecule has 3 aromatic rings. The minimum Gasteiger partial charge on any atom is -0.494 e. The second-order valence-corrected chi connectivity index (χ2v) is 8.84. The fourth-order valence-corrected chi connectivity index (χ4v) is 4.64. The number of carbonyl (C=O) groups is 1. The number of amides is 1. The summed E-state index contributed by atoms with van der Waals surface area (Å²) in [5, 5.41) is 0.322. The van der Waals surface area contributed by atoms with Crippen LogP contribution in [0.5, 0.6) is 5.75 Å². The van der Waals surface area contributed by atoms with Gasteiger partial charge in [-0.15, -0.1) is 0 Å². The Balaban J connectivity index is 1.56. The SMILES string of the molecule is COc1ccc(-c2nc(C(=O)N3CCC[C@H]3C3OC(C)O3)c([C@H](C)N)o2)c2ccc(C(F)(F)F)nc12. The third-order valence-corrected chi connectivity index (χ3v) is 6.36. The molecular formula is C24H25F3N4O5. The zero-order chi connectivity index (χ0) is 25.8. The lowest BCUT2D eigenvalue weighted by atomic mass is 10.1. The normalized spacial score (nSPS) is 23.1. The van der Waals surface area contributed by atoms with Gasteiger partial charge in [-0.2, -0.15) is 13.2 Å². The highest BCUT2D eigenvalue weighted by Gasteiger charge is 2.44. The summed E-state index contributed by atoms with van der Waals surface area (Å²) in [6, 6.07) is 4.30. The quantitative estimate of drug-likeness (QED) is 0.546. The van der Waals surface area contributed by atoms with E-state index in [1.165, 1.54) is 19.2 Å². The van der Waals surface area contributed by atoms with Crippen molar-refractivity contribution < 1.29 is 36.6 Å². The molecule has 1 amide bonds. The Morgan fingerprint density at radius 1 is 1.22 bits per heavy atom. The second kappa shape index (κ2) is 9.02. The molecule has 0 aliphatic carbocycles. The maximum atomic E-state index is 13.6. The number of aromatic nitrogens is 2. The molecule has 5 rings (SSSR count). The molecule has 192 valence electrons. The number of halogens is 3. The van der Waals surface area contributed by atoms with E-state index in [2.05, 4.69) is 9.97 Å². The van der Waals surface area contributed by atoms with Gasteiger partial charge in [0, 0.05) is 17.5 Å². The van der Waals surface area contributed by atoms with Crippen molar-refractivity contribution in [1.82, 2.24) is 14.9 Å². The Bertz CT molecular complexity index is 1300. The van der Waals surface area contributed by atoms with Crippen LogP contribution in [0.1, 0.15) is 54.7 Å². The first kappa shape index (κ1) is 24.5. The number of benzene rings is 1. The molecule has 2 saturated heterocycles. The van der Waals surface area contributed by atoms with Crippen LogP contribution in [0.25, 0.3) is 22.4 Å². The average molecular weight is 506 g/mol. The third-order valence-electron chi connectivity index (χ3n) is 6.36. The molecule has 9 nitrogen and oxygen atoms in total. The van der Waals surface area contributed by atoms with Crippen LogP contribution in [0.15, 0.2) is 28.7 Å². The van der Waals surface area contributed by atoms with Crippen LogP contribution in [0.2, 0.25) is 0 Å². The zero-order valence-electron chi connectivity index (χ0n) is 19.8. The Labute approximate surface area is 204 Å². The number of hydrogen-bond donors (Lipinski definition) is 1. The lowest BCUT2D eigenvalue weighted by Crippen LogP contribution is -2.53. The van der Waals surface area contributed by atoms with Gasteiger partial charge in [0.2, 0.25) is 5.89 Å². The summed E-state index contributed by atoms with van der Waals surface area (Å²) in [5.74, 6) is 0.000268. The molecule has 2 N–H and O–H groups in total. The standard InChI is InChI=1S/C24H25F3N4O5/c1-11(28)20-19(22(32)31-10-4-5-15(31)23-34-12(2)35-23)30-21(36-20)14-6-8-16(33-3)18-13(14)7-9-17(29-18)24(25,26)27/h6-9,11-12,15,23H,4-5,10,28H2,1-3H3/t11-,12?,15-,23?/m0/s1. The van der Waals surface area contributed by atoms with Crippen LogP contribution in [0.3, 0.4) is 0 Å². The van der Waals surface area contributed by atoms with Crippen molar-refractivity contribution in [2.75, 3.05) is 13.7 Å². The van der Waals surface area contributed by atoms with Gasteiger partial charge in [0.1, 0.15) is 17.0 Å². The molecule has 0 radical (unpaired) electrons. The van der Waals surface area contributed by atoms with Crippen molar-refractivity contribution in [2.45, 2.75) is 57.5 Å². The molecule has 1 aromatic carbocycles. The Morgan fingerprint density at radius 3 is 2.61 bits per heavy atom. The van der Waals surface area contributed by atoms with E-state index in [-0.39, 0.29) is 46.9 Å². The number of hydrogen-bond acceptors (Lipinski definition) is 8. The second-order valence-electron chi connectivity index (χ2n) is 8.84. The molecule has 4 heterocycles. The number of oxazole rings is 1. The Hall–Kier alpha value is -3.22. The zero-order valence-corrected chi connectivity index (χ0v) is 19.8. The summed E-state index contributed by atoms with van der Waals surface area (Å²) in [4.78, 5) is 23.4. The van der Waals surface area contributed by atoms with Gasteiger partial charge < -0.3 is 29.3 Å². The predicted octanol–water partition coefficient (Wildman–Crippen LogP) is 4.26. The van der Waals surface area contributed by atoms with E-state index in [1.807, 2.05) is 0 Å². The van der Waals surface area contributed by atoms with E-state index in [1.54, 1.807) is 24.8 Å². The smallest absolute Gasteiger partial charge is 0.433 e. The molecule has 0 saturated carbocycles. The van der Waals surface area contributed by atoms with E-state index in [0.29, 0.717) is 17.5 Å². The number of ether oxygens (including phenoxy) is 3. The Morgan fingerprint density at radius 2 is 1.97 bits per heavy atom. The van der Waals surface area contributed by atoms with Gasteiger partial charge in [-0.1, -0.05) is 0 Å². The van der Waals surface area contributed by atoms with Gasteiger partial charge in [0.05, 0.1) is 19.2 Å². The van der Waals surface area contributed by atoms with Gasteiger partial charge in [0.15, 0.2) is 24.0 Å². The minimum absolute atomic E-state index is 0.00810. The van der Waals surface area contributed by atoms with Crippen molar-refractivity contribution in [3.63, 3.8) is 0 Å². The lowest BCUT2D eigenvalue weighted by Gasteiger charge is -2.40. The number of rotatable bonds is 5. The number of nitrogens with zero attached hydrogens (tertiary/aromatic N) is 3. The first-order chi connectivity index (χ1) is 17.1. The van der Waals surface area contributed by atoms with Crippen LogP contribution >= 0.6 is 0 Å². The summed E-state index contributed by atoms with van der Waals surface area (Å²) < 4.78 is 62.3. The average Bonchev–Trinajstić information content (AvgIpc) is 3.47. The van der Waals surface area contributed by atoms with E-state index >= 15 is 0 Å². The highest BCUT2D eigenvalue weighted by atomic mass is 19.4. The molecule has 2 fully saturated rings. The van der Waals surface area contributed by atoms with E-state index < -0.39 is 24.2 Å². The summed E-state index contributed by atoms with van der Waals surface area (Å²) in [6.07, 6.45) is -3.95. The predicted molar refractivity (Wildman–Crippen MR) is 121 cm³/mol. The van der Waals surface area contributed by atoms with Crippen LogP contribution in [-0.2, 0) is 15.7 Å². The number of methoxy groups -OCH3 is 1. The highest BCUT2D eigenvalue weighted by molar-refractivity contribution is 5.98. The van der Waals surface area contributed by atoms with Crippen molar-refractivity contribution in [3.8, 4) is 17.2 Å². The molecule has 2 aliphatic heterocycles. The van der Waals surface area contributed by atoms with E-state index in [4.69, 9.17) is 24.4 Å². The maximum Gasteiger partial charge on any atom is 0.433 e. The molecule has 0 unspecified atom stereocenters. The van der Waals surface area contributed by atoms with Crippen LogP contribution in [0.4, 0.5) is 13.2 Å². The van der Waals surface area contributed by atoms with E-state index in [9.17, 15) is 18.0 Å². The van der Waals surface area contributed by atoms with Crippen LogP contribution < -0.4 is 10.5 Å². The molecule has 0 spiro atoms. The number of alkyl halides is 3. The monoisotopic (exact) mass is 506 g/mol. The van der Waals surface area contributed by atoms with Gasteiger partial charge in [-0.05, 0) is 51.0 Å². The number of carbonyl (C=O) groups excluding carboxylic acids is 1. The van der Waals surface area contributed by atoms with Gasteiger partial charge in [0.25, 0.3) is 5.91 Å². The fourth-order valence-electron chi connectivity index (χ4n) is 4.64. The fraction of sp³-hybridized carbons (Fsp3) is 0.458.